The van der Waals surface area contributed by atoms with Crippen molar-refractivity contribution in [3.05, 3.63) is 35.7 Å². The van der Waals surface area contributed by atoms with Crippen LogP contribution in [0.5, 0.6) is 11.5 Å². The molecule has 0 spiro atoms. The molecule has 0 aliphatic rings. The van der Waals surface area contributed by atoms with Gasteiger partial charge in [-0.05, 0) is 39.2 Å². The zero-order valence-corrected chi connectivity index (χ0v) is 15.1. The van der Waals surface area contributed by atoms with Crippen molar-refractivity contribution in [3.63, 3.8) is 0 Å². The van der Waals surface area contributed by atoms with Gasteiger partial charge in [0, 0.05) is 12.3 Å². The molecule has 128 valence electrons. The second kappa shape index (κ2) is 8.54. The topological polar surface area (TPSA) is 73.3 Å². The largest absolute Gasteiger partial charge is 0.494 e. The number of nitrogens with one attached hydrogen (secondary N) is 1. The van der Waals surface area contributed by atoms with Crippen LogP contribution < -0.4 is 14.8 Å². The first-order valence-electron chi connectivity index (χ1n) is 7.67. The molecule has 2 rings (SSSR count). The monoisotopic (exact) mass is 347 g/mol. The predicted molar refractivity (Wildman–Crippen MR) is 95.3 cm³/mol. The Balaban J connectivity index is 2.28. The Bertz CT molecular complexity index is 722. The van der Waals surface area contributed by atoms with E-state index < -0.39 is 0 Å². The van der Waals surface area contributed by atoms with E-state index in [1.807, 2.05) is 26.2 Å². The fraction of sp³-hybridized carbons (Fsp3) is 0.353. The maximum atomic E-state index is 12.6. The highest BCUT2D eigenvalue weighted by atomic mass is 32.2. The summed E-state index contributed by atoms with van der Waals surface area (Å²) >= 11 is 1.43. The zero-order chi connectivity index (χ0) is 17.5. The maximum absolute atomic E-state index is 12.6. The Morgan fingerprint density at radius 1 is 1.25 bits per heavy atom. The Labute approximate surface area is 146 Å². The van der Waals surface area contributed by atoms with Crippen LogP contribution in [0, 0.1) is 6.92 Å². The Hall–Kier alpha value is -2.28. The lowest BCUT2D eigenvalue weighted by Gasteiger charge is -2.14. The minimum atomic E-state index is -0.283. The number of carbonyl (C=O) groups excluding carboxylic acids is 1. The maximum Gasteiger partial charge on any atom is 0.259 e. The highest BCUT2D eigenvalue weighted by Gasteiger charge is 2.15. The van der Waals surface area contributed by atoms with E-state index in [0.29, 0.717) is 46.8 Å². The van der Waals surface area contributed by atoms with Crippen molar-refractivity contribution >= 4 is 23.4 Å². The van der Waals surface area contributed by atoms with Crippen molar-refractivity contribution in [1.29, 1.82) is 0 Å². The van der Waals surface area contributed by atoms with E-state index in [4.69, 9.17) is 9.47 Å². The van der Waals surface area contributed by atoms with E-state index in [1.165, 1.54) is 18.0 Å². The first-order chi connectivity index (χ1) is 11.6. The summed E-state index contributed by atoms with van der Waals surface area (Å²) in [7, 11) is 0. The summed E-state index contributed by atoms with van der Waals surface area (Å²) in [6, 6.07) is 5.34. The smallest absolute Gasteiger partial charge is 0.259 e. The summed E-state index contributed by atoms with van der Waals surface area (Å²) in [5.74, 6) is 0.977. The number of rotatable bonds is 7. The molecule has 0 aliphatic carbocycles. The van der Waals surface area contributed by atoms with Crippen molar-refractivity contribution in [2.24, 2.45) is 0 Å². The molecule has 1 heterocycles. The Morgan fingerprint density at radius 3 is 2.62 bits per heavy atom. The van der Waals surface area contributed by atoms with Gasteiger partial charge >= 0.3 is 0 Å². The standard InChI is InChI=1S/C17H21N3O3S/c1-5-22-12-7-8-15(23-6-2)14(9-12)20-16(21)13-10-18-17(24-4)19-11(13)3/h7-10H,5-6H2,1-4H3,(H,20,21). The fourth-order valence-corrected chi connectivity index (χ4v) is 2.49. The molecule has 0 bridgehead atoms. The van der Waals surface area contributed by atoms with Crippen LogP contribution >= 0.6 is 11.8 Å². The average Bonchev–Trinajstić information content (AvgIpc) is 2.57. The van der Waals surface area contributed by atoms with Crippen LogP contribution in [-0.4, -0.2) is 35.3 Å². The highest BCUT2D eigenvalue weighted by Crippen LogP contribution is 2.30. The molecule has 0 fully saturated rings. The molecule has 1 N–H and O–H groups in total. The number of hydrogen-bond donors (Lipinski definition) is 1. The minimum absolute atomic E-state index is 0.283. The molecule has 7 heteroatoms. The quantitative estimate of drug-likeness (QED) is 0.610. The fourth-order valence-electron chi connectivity index (χ4n) is 2.10. The normalized spacial score (nSPS) is 10.3. The van der Waals surface area contributed by atoms with Crippen LogP contribution in [0.25, 0.3) is 0 Å². The van der Waals surface area contributed by atoms with Gasteiger partial charge in [-0.25, -0.2) is 9.97 Å². The van der Waals surface area contributed by atoms with E-state index >= 15 is 0 Å². The third-order valence-corrected chi connectivity index (χ3v) is 3.76. The third kappa shape index (κ3) is 4.38. The molecule has 0 saturated heterocycles. The van der Waals surface area contributed by atoms with E-state index in [2.05, 4.69) is 15.3 Å². The van der Waals surface area contributed by atoms with Gasteiger partial charge in [0.2, 0.25) is 0 Å². The van der Waals surface area contributed by atoms with Crippen molar-refractivity contribution in [1.82, 2.24) is 9.97 Å². The van der Waals surface area contributed by atoms with Crippen LogP contribution in [-0.2, 0) is 0 Å². The summed E-state index contributed by atoms with van der Waals surface area (Å²) in [5.41, 5.74) is 1.61. The number of amides is 1. The molecule has 1 amide bonds. The van der Waals surface area contributed by atoms with Crippen molar-refractivity contribution < 1.29 is 14.3 Å². The van der Waals surface area contributed by atoms with Gasteiger partial charge in [0.15, 0.2) is 5.16 Å². The average molecular weight is 347 g/mol. The molecule has 1 aromatic heterocycles. The molecule has 2 aromatic rings. The second-order valence-corrected chi connectivity index (χ2v) is 5.61. The van der Waals surface area contributed by atoms with Gasteiger partial charge in [0.05, 0.1) is 30.2 Å². The molecular weight excluding hydrogens is 326 g/mol. The number of aryl methyl sites for hydroxylation is 1. The van der Waals surface area contributed by atoms with Gasteiger partial charge in [-0.2, -0.15) is 0 Å². The lowest BCUT2D eigenvalue weighted by atomic mass is 10.2. The first kappa shape index (κ1) is 18.1. The van der Waals surface area contributed by atoms with Gasteiger partial charge < -0.3 is 14.8 Å². The molecule has 0 atom stereocenters. The molecule has 6 nitrogen and oxygen atoms in total. The van der Waals surface area contributed by atoms with Gasteiger partial charge in [0.1, 0.15) is 11.5 Å². The summed E-state index contributed by atoms with van der Waals surface area (Å²) < 4.78 is 11.1. The molecule has 1 aromatic carbocycles. The molecule has 0 aliphatic heterocycles. The molecular formula is C17H21N3O3S. The molecule has 0 saturated carbocycles. The van der Waals surface area contributed by atoms with Crippen LogP contribution in [0.4, 0.5) is 5.69 Å². The summed E-state index contributed by atoms with van der Waals surface area (Å²) in [6.07, 6.45) is 3.43. The second-order valence-electron chi connectivity index (χ2n) is 4.83. The SMILES string of the molecule is CCOc1ccc(OCC)c(NC(=O)c2cnc(SC)nc2C)c1. The predicted octanol–water partition coefficient (Wildman–Crippen LogP) is 3.56. The molecule has 0 radical (unpaired) electrons. The lowest BCUT2D eigenvalue weighted by Crippen LogP contribution is -2.16. The number of aromatic nitrogens is 2. The number of ether oxygens (including phenoxy) is 2. The van der Waals surface area contributed by atoms with Crippen molar-refractivity contribution in [2.75, 3.05) is 24.8 Å². The van der Waals surface area contributed by atoms with Crippen LogP contribution in [0.1, 0.15) is 29.9 Å². The van der Waals surface area contributed by atoms with Crippen molar-refractivity contribution in [2.45, 2.75) is 25.9 Å². The summed E-state index contributed by atoms with van der Waals surface area (Å²) in [6.45, 7) is 6.63. The van der Waals surface area contributed by atoms with Gasteiger partial charge in [-0.15, -0.1) is 0 Å². The highest BCUT2D eigenvalue weighted by molar-refractivity contribution is 7.98. The van der Waals surface area contributed by atoms with Crippen LogP contribution in [0.15, 0.2) is 29.6 Å². The third-order valence-electron chi connectivity index (χ3n) is 3.19. The van der Waals surface area contributed by atoms with E-state index in [0.717, 1.165) is 0 Å². The Morgan fingerprint density at radius 2 is 2.00 bits per heavy atom. The van der Waals surface area contributed by atoms with Crippen LogP contribution in [0.3, 0.4) is 0 Å². The van der Waals surface area contributed by atoms with Gasteiger partial charge in [-0.3, -0.25) is 4.79 Å². The van der Waals surface area contributed by atoms with Gasteiger partial charge in [-0.1, -0.05) is 11.8 Å². The summed E-state index contributed by atoms with van der Waals surface area (Å²) in [5, 5.41) is 3.49. The number of nitrogens with zero attached hydrogens (tertiary/aromatic N) is 2. The minimum Gasteiger partial charge on any atom is -0.494 e. The number of hydrogen-bond acceptors (Lipinski definition) is 6. The van der Waals surface area contributed by atoms with Gasteiger partial charge in [0.25, 0.3) is 5.91 Å². The van der Waals surface area contributed by atoms with Crippen LogP contribution in [0.2, 0.25) is 0 Å². The summed E-state index contributed by atoms with van der Waals surface area (Å²) in [4.78, 5) is 21.0. The molecule has 24 heavy (non-hydrogen) atoms. The van der Waals surface area contributed by atoms with E-state index in [-0.39, 0.29) is 5.91 Å². The zero-order valence-electron chi connectivity index (χ0n) is 14.3. The van der Waals surface area contributed by atoms with E-state index in [1.54, 1.807) is 19.1 Å². The number of carbonyl (C=O) groups is 1. The lowest BCUT2D eigenvalue weighted by molar-refractivity contribution is 0.102. The number of benzene rings is 1. The number of thioether (sulfide) groups is 1. The Kier molecular flexibility index (Phi) is 6.43. The van der Waals surface area contributed by atoms with Crippen molar-refractivity contribution in [3.8, 4) is 11.5 Å². The first-order valence-corrected chi connectivity index (χ1v) is 8.90. The number of anilines is 1. The van der Waals surface area contributed by atoms with E-state index in [9.17, 15) is 4.79 Å². The molecule has 0 unspecified atom stereocenters.